The number of aromatic nitrogens is 1. The van der Waals surface area contributed by atoms with E-state index in [0.717, 1.165) is 16.7 Å². The average Bonchev–Trinajstić information content (AvgIpc) is 2.38. The van der Waals surface area contributed by atoms with Gasteiger partial charge in [-0.25, -0.2) is 4.79 Å². The van der Waals surface area contributed by atoms with E-state index in [1.807, 2.05) is 26.0 Å². The summed E-state index contributed by atoms with van der Waals surface area (Å²) in [5.41, 5.74) is 4.05. The Morgan fingerprint density at radius 1 is 1.32 bits per heavy atom. The van der Waals surface area contributed by atoms with Crippen LogP contribution in [0.15, 0.2) is 36.7 Å². The molecule has 0 spiro atoms. The first kappa shape index (κ1) is 13.1. The predicted octanol–water partition coefficient (Wildman–Crippen LogP) is 3.01. The summed E-state index contributed by atoms with van der Waals surface area (Å²) in [6.07, 6.45) is 3.53. The SMILES string of the molecule is Cc1ccc(NCc2ccncc2C)c(C(=O)O)c1. The Morgan fingerprint density at radius 2 is 2.11 bits per heavy atom. The molecular weight excluding hydrogens is 240 g/mol. The molecule has 0 aliphatic rings. The van der Waals surface area contributed by atoms with Crippen molar-refractivity contribution in [2.45, 2.75) is 20.4 Å². The van der Waals surface area contributed by atoms with Crippen LogP contribution in [0.2, 0.25) is 0 Å². The minimum absolute atomic E-state index is 0.298. The highest BCUT2D eigenvalue weighted by Crippen LogP contribution is 2.19. The Hall–Kier alpha value is -2.36. The van der Waals surface area contributed by atoms with Gasteiger partial charge >= 0.3 is 5.97 Å². The number of pyridine rings is 1. The molecule has 0 aliphatic heterocycles. The molecular formula is C15H16N2O2. The summed E-state index contributed by atoms with van der Waals surface area (Å²) in [4.78, 5) is 15.2. The van der Waals surface area contributed by atoms with Crippen LogP contribution in [0.3, 0.4) is 0 Å². The van der Waals surface area contributed by atoms with Crippen molar-refractivity contribution < 1.29 is 9.90 Å². The summed E-state index contributed by atoms with van der Waals surface area (Å²) in [7, 11) is 0. The Labute approximate surface area is 112 Å². The highest BCUT2D eigenvalue weighted by Gasteiger charge is 2.10. The van der Waals surface area contributed by atoms with Crippen LogP contribution in [-0.2, 0) is 6.54 Å². The third-order valence-corrected chi connectivity index (χ3v) is 3.01. The van der Waals surface area contributed by atoms with Crippen LogP contribution in [0, 0.1) is 13.8 Å². The Balaban J connectivity index is 2.20. The molecule has 0 unspecified atom stereocenters. The third kappa shape index (κ3) is 3.10. The maximum atomic E-state index is 11.2. The van der Waals surface area contributed by atoms with Crippen LogP contribution in [0.5, 0.6) is 0 Å². The second-order valence-corrected chi connectivity index (χ2v) is 4.51. The first-order chi connectivity index (χ1) is 9.08. The van der Waals surface area contributed by atoms with Crippen LogP contribution in [0.1, 0.15) is 27.0 Å². The molecule has 0 amide bonds. The van der Waals surface area contributed by atoms with Gasteiger partial charge in [-0.05, 0) is 43.2 Å². The second-order valence-electron chi connectivity index (χ2n) is 4.51. The van der Waals surface area contributed by atoms with Crippen molar-refractivity contribution in [2.24, 2.45) is 0 Å². The minimum Gasteiger partial charge on any atom is -0.478 e. The van der Waals surface area contributed by atoms with Crippen LogP contribution in [-0.4, -0.2) is 16.1 Å². The van der Waals surface area contributed by atoms with Gasteiger partial charge in [-0.3, -0.25) is 4.98 Å². The van der Waals surface area contributed by atoms with Gasteiger partial charge < -0.3 is 10.4 Å². The normalized spacial score (nSPS) is 10.2. The van der Waals surface area contributed by atoms with Crippen molar-refractivity contribution in [3.05, 3.63) is 58.9 Å². The van der Waals surface area contributed by atoms with E-state index in [1.54, 1.807) is 24.5 Å². The second kappa shape index (κ2) is 5.52. The van der Waals surface area contributed by atoms with Gasteiger partial charge in [-0.2, -0.15) is 0 Å². The van der Waals surface area contributed by atoms with E-state index in [4.69, 9.17) is 0 Å². The van der Waals surface area contributed by atoms with E-state index in [2.05, 4.69) is 10.3 Å². The Bertz CT molecular complexity index is 609. The lowest BCUT2D eigenvalue weighted by Gasteiger charge is -2.11. The predicted molar refractivity (Wildman–Crippen MR) is 74.4 cm³/mol. The van der Waals surface area contributed by atoms with Gasteiger partial charge in [0.1, 0.15) is 0 Å². The number of nitrogens with one attached hydrogen (secondary N) is 1. The van der Waals surface area contributed by atoms with Gasteiger partial charge in [-0.1, -0.05) is 11.6 Å². The molecule has 98 valence electrons. The van der Waals surface area contributed by atoms with Gasteiger partial charge in [0.25, 0.3) is 0 Å². The number of aromatic carboxylic acids is 1. The van der Waals surface area contributed by atoms with Crippen molar-refractivity contribution >= 4 is 11.7 Å². The smallest absolute Gasteiger partial charge is 0.337 e. The Kier molecular flexibility index (Phi) is 3.80. The van der Waals surface area contributed by atoms with Crippen LogP contribution < -0.4 is 5.32 Å². The zero-order chi connectivity index (χ0) is 13.8. The fourth-order valence-corrected chi connectivity index (χ4v) is 1.88. The summed E-state index contributed by atoms with van der Waals surface area (Å²) >= 11 is 0. The number of nitrogens with zero attached hydrogens (tertiary/aromatic N) is 1. The van der Waals surface area contributed by atoms with Crippen LogP contribution in [0.25, 0.3) is 0 Å². The maximum Gasteiger partial charge on any atom is 0.337 e. The number of carboxylic acid groups (broad SMARTS) is 1. The number of anilines is 1. The Morgan fingerprint density at radius 3 is 2.79 bits per heavy atom. The summed E-state index contributed by atoms with van der Waals surface area (Å²) in [5, 5.41) is 12.4. The molecule has 1 heterocycles. The van der Waals surface area contributed by atoms with Gasteiger partial charge in [0.2, 0.25) is 0 Å². The summed E-state index contributed by atoms with van der Waals surface area (Å²) in [6.45, 7) is 4.44. The maximum absolute atomic E-state index is 11.2. The number of carboxylic acids is 1. The van der Waals surface area contributed by atoms with Crippen LogP contribution in [0.4, 0.5) is 5.69 Å². The van der Waals surface area contributed by atoms with E-state index in [-0.39, 0.29) is 0 Å². The average molecular weight is 256 g/mol. The van der Waals surface area contributed by atoms with Crippen molar-refractivity contribution in [1.82, 2.24) is 4.98 Å². The number of hydrogen-bond donors (Lipinski definition) is 2. The lowest BCUT2D eigenvalue weighted by molar-refractivity contribution is 0.0698. The lowest BCUT2D eigenvalue weighted by Crippen LogP contribution is -2.07. The molecule has 2 aromatic rings. The van der Waals surface area contributed by atoms with E-state index >= 15 is 0 Å². The molecule has 0 aliphatic carbocycles. The van der Waals surface area contributed by atoms with Crippen molar-refractivity contribution in [3.8, 4) is 0 Å². The van der Waals surface area contributed by atoms with Gasteiger partial charge in [0.15, 0.2) is 0 Å². The topological polar surface area (TPSA) is 62.2 Å². The number of aryl methyl sites for hydroxylation is 2. The van der Waals surface area contributed by atoms with Gasteiger partial charge in [0.05, 0.1) is 5.56 Å². The number of benzene rings is 1. The standard InChI is InChI=1S/C15H16N2O2/c1-10-3-4-14(13(7-10)15(18)19)17-9-12-5-6-16-8-11(12)2/h3-8,17H,9H2,1-2H3,(H,18,19). The molecule has 0 bridgehead atoms. The first-order valence-electron chi connectivity index (χ1n) is 6.05. The lowest BCUT2D eigenvalue weighted by atomic mass is 10.1. The highest BCUT2D eigenvalue weighted by molar-refractivity contribution is 5.94. The molecule has 0 radical (unpaired) electrons. The van der Waals surface area contributed by atoms with Crippen molar-refractivity contribution in [3.63, 3.8) is 0 Å². The molecule has 0 fully saturated rings. The summed E-state index contributed by atoms with van der Waals surface area (Å²) in [6, 6.07) is 7.30. The molecule has 0 saturated heterocycles. The van der Waals surface area contributed by atoms with E-state index in [0.29, 0.717) is 17.8 Å². The summed E-state index contributed by atoms with van der Waals surface area (Å²) < 4.78 is 0. The van der Waals surface area contributed by atoms with Crippen molar-refractivity contribution in [2.75, 3.05) is 5.32 Å². The molecule has 0 atom stereocenters. The first-order valence-corrected chi connectivity index (χ1v) is 6.05. The molecule has 2 rings (SSSR count). The molecule has 4 nitrogen and oxygen atoms in total. The quantitative estimate of drug-likeness (QED) is 0.882. The number of rotatable bonds is 4. The monoisotopic (exact) mass is 256 g/mol. The largest absolute Gasteiger partial charge is 0.478 e. The van der Waals surface area contributed by atoms with E-state index in [1.165, 1.54) is 0 Å². The van der Waals surface area contributed by atoms with Crippen molar-refractivity contribution in [1.29, 1.82) is 0 Å². The number of carbonyl (C=O) groups is 1. The molecule has 2 N–H and O–H groups in total. The summed E-state index contributed by atoms with van der Waals surface area (Å²) in [5.74, 6) is -0.919. The fraction of sp³-hybridized carbons (Fsp3) is 0.200. The molecule has 19 heavy (non-hydrogen) atoms. The van der Waals surface area contributed by atoms with E-state index < -0.39 is 5.97 Å². The molecule has 4 heteroatoms. The van der Waals surface area contributed by atoms with E-state index in [9.17, 15) is 9.90 Å². The molecule has 1 aromatic heterocycles. The van der Waals surface area contributed by atoms with Crippen LogP contribution >= 0.6 is 0 Å². The zero-order valence-corrected chi connectivity index (χ0v) is 11.0. The molecule has 1 aromatic carbocycles. The number of hydrogen-bond acceptors (Lipinski definition) is 3. The fourth-order valence-electron chi connectivity index (χ4n) is 1.88. The third-order valence-electron chi connectivity index (χ3n) is 3.01. The minimum atomic E-state index is -0.919. The van der Waals surface area contributed by atoms with Gasteiger partial charge in [-0.15, -0.1) is 0 Å². The molecule has 0 saturated carbocycles. The highest BCUT2D eigenvalue weighted by atomic mass is 16.4. The van der Waals surface area contributed by atoms with Gasteiger partial charge in [0, 0.05) is 24.6 Å². The zero-order valence-electron chi connectivity index (χ0n) is 11.0.